The minimum Gasteiger partial charge on any atom is -0.328 e. The van der Waals surface area contributed by atoms with Gasteiger partial charge in [0.2, 0.25) is 5.91 Å². The number of hydrogen-bond acceptors (Lipinski definition) is 2. The van der Waals surface area contributed by atoms with Crippen LogP contribution in [0.5, 0.6) is 0 Å². The Bertz CT molecular complexity index is 250. The van der Waals surface area contributed by atoms with E-state index in [0.29, 0.717) is 5.91 Å². The maximum Gasteiger partial charge on any atom is 0.243 e. The molecule has 1 N–H and O–H groups in total. The van der Waals surface area contributed by atoms with Gasteiger partial charge in [-0.05, 0) is 32.1 Å². The Hall–Kier alpha value is -0.570. The summed E-state index contributed by atoms with van der Waals surface area (Å²) in [5.74, 6) is 1.27. The topological polar surface area (TPSA) is 32.3 Å². The highest BCUT2D eigenvalue weighted by molar-refractivity contribution is 5.87. The van der Waals surface area contributed by atoms with E-state index in [0.717, 1.165) is 25.6 Å². The van der Waals surface area contributed by atoms with Gasteiger partial charge in [-0.3, -0.25) is 10.1 Å². The molecular formula is C12H22N2O. The minimum absolute atomic E-state index is 0.292. The monoisotopic (exact) mass is 210 g/mol. The maximum absolute atomic E-state index is 12.0. The Balaban J connectivity index is 1.76. The van der Waals surface area contributed by atoms with Crippen LogP contribution in [-0.4, -0.2) is 29.6 Å². The van der Waals surface area contributed by atoms with E-state index < -0.39 is 0 Å². The van der Waals surface area contributed by atoms with Crippen molar-refractivity contribution in [1.82, 2.24) is 10.2 Å². The van der Waals surface area contributed by atoms with Crippen molar-refractivity contribution in [2.45, 2.75) is 51.5 Å². The lowest BCUT2D eigenvalue weighted by Gasteiger charge is -2.20. The van der Waals surface area contributed by atoms with E-state index in [9.17, 15) is 4.79 Å². The number of carbonyl (C=O) groups excluding carboxylic acids is 1. The third-order valence-electron chi connectivity index (χ3n) is 3.86. The molecule has 0 aromatic rings. The molecule has 1 unspecified atom stereocenters. The van der Waals surface area contributed by atoms with Crippen LogP contribution in [0.25, 0.3) is 0 Å². The predicted molar refractivity (Wildman–Crippen MR) is 60.4 cm³/mol. The van der Waals surface area contributed by atoms with E-state index in [2.05, 4.69) is 12.2 Å². The molecule has 1 amide bonds. The van der Waals surface area contributed by atoms with Crippen molar-refractivity contribution < 1.29 is 4.79 Å². The summed E-state index contributed by atoms with van der Waals surface area (Å²) in [6.45, 7) is 5.76. The van der Waals surface area contributed by atoms with Gasteiger partial charge in [0.15, 0.2) is 0 Å². The molecule has 1 saturated carbocycles. The molecule has 0 spiro atoms. The molecule has 86 valence electrons. The molecule has 0 radical (unpaired) electrons. The fraction of sp³-hybridized carbons (Fsp3) is 0.917. The van der Waals surface area contributed by atoms with Crippen LogP contribution in [0.3, 0.4) is 0 Å². The smallest absolute Gasteiger partial charge is 0.243 e. The van der Waals surface area contributed by atoms with E-state index in [4.69, 9.17) is 0 Å². The van der Waals surface area contributed by atoms with Crippen molar-refractivity contribution in [3.8, 4) is 0 Å². The van der Waals surface area contributed by atoms with Crippen molar-refractivity contribution >= 4 is 5.91 Å². The van der Waals surface area contributed by atoms with Gasteiger partial charge in [-0.2, -0.15) is 0 Å². The van der Waals surface area contributed by atoms with Gasteiger partial charge in [-0.15, -0.1) is 0 Å². The van der Waals surface area contributed by atoms with Crippen molar-refractivity contribution in [3.05, 3.63) is 0 Å². The van der Waals surface area contributed by atoms with Crippen molar-refractivity contribution in [2.75, 3.05) is 13.2 Å². The first kappa shape index (κ1) is 10.9. The molecule has 2 rings (SSSR count). The molecule has 15 heavy (non-hydrogen) atoms. The Kier molecular flexibility index (Phi) is 3.01. The van der Waals surface area contributed by atoms with Gasteiger partial charge in [-0.25, -0.2) is 0 Å². The summed E-state index contributed by atoms with van der Waals surface area (Å²) in [6.07, 6.45) is 6.20. The average Bonchev–Trinajstić information content (AvgIpc) is 3.01. The van der Waals surface area contributed by atoms with Gasteiger partial charge >= 0.3 is 0 Å². The second-order valence-electron chi connectivity index (χ2n) is 5.17. The Morgan fingerprint density at radius 3 is 2.80 bits per heavy atom. The number of carbonyl (C=O) groups is 1. The maximum atomic E-state index is 12.0. The summed E-state index contributed by atoms with van der Waals surface area (Å²) in [7, 11) is 0. The average molecular weight is 210 g/mol. The zero-order chi connectivity index (χ0) is 10.9. The largest absolute Gasteiger partial charge is 0.328 e. The van der Waals surface area contributed by atoms with Gasteiger partial charge in [-0.1, -0.05) is 19.8 Å². The lowest BCUT2D eigenvalue weighted by molar-refractivity contribution is -0.132. The molecule has 3 nitrogen and oxygen atoms in total. The molecule has 1 heterocycles. The van der Waals surface area contributed by atoms with Crippen LogP contribution in [-0.2, 0) is 4.79 Å². The SMILES string of the molecule is CCC1(C)NCN(CCCC2CC2)C1=O. The van der Waals surface area contributed by atoms with Crippen LogP contribution >= 0.6 is 0 Å². The number of nitrogens with zero attached hydrogens (tertiary/aromatic N) is 1. The fourth-order valence-electron chi connectivity index (χ4n) is 2.20. The summed E-state index contributed by atoms with van der Waals surface area (Å²) in [5, 5.41) is 3.31. The molecule has 0 aromatic carbocycles. The van der Waals surface area contributed by atoms with E-state index in [1.165, 1.54) is 25.7 Å². The normalized spacial score (nSPS) is 31.3. The van der Waals surface area contributed by atoms with Gasteiger partial charge < -0.3 is 4.90 Å². The number of amides is 1. The van der Waals surface area contributed by atoms with Crippen LogP contribution in [0.4, 0.5) is 0 Å². The Labute approximate surface area is 92.2 Å². The Morgan fingerprint density at radius 2 is 2.27 bits per heavy atom. The summed E-state index contributed by atoms with van der Waals surface area (Å²) in [5.41, 5.74) is -0.292. The lowest BCUT2D eigenvalue weighted by atomic mass is 9.99. The van der Waals surface area contributed by atoms with Crippen LogP contribution in [0.1, 0.15) is 46.0 Å². The molecule has 0 aromatic heterocycles. The van der Waals surface area contributed by atoms with Gasteiger partial charge in [0.25, 0.3) is 0 Å². The van der Waals surface area contributed by atoms with Crippen LogP contribution in [0, 0.1) is 5.92 Å². The highest BCUT2D eigenvalue weighted by Crippen LogP contribution is 2.33. The fourth-order valence-corrected chi connectivity index (χ4v) is 2.20. The van der Waals surface area contributed by atoms with Gasteiger partial charge in [0.05, 0.1) is 12.2 Å². The summed E-state index contributed by atoms with van der Waals surface area (Å²) in [4.78, 5) is 14.0. The highest BCUT2D eigenvalue weighted by Gasteiger charge is 2.40. The molecular weight excluding hydrogens is 188 g/mol. The molecule has 3 heteroatoms. The third-order valence-corrected chi connectivity index (χ3v) is 3.86. The molecule has 2 aliphatic rings. The molecule has 2 fully saturated rings. The first-order valence-corrected chi connectivity index (χ1v) is 6.20. The van der Waals surface area contributed by atoms with Crippen LogP contribution in [0.15, 0.2) is 0 Å². The lowest BCUT2D eigenvalue weighted by Crippen LogP contribution is -2.43. The van der Waals surface area contributed by atoms with E-state index in [1.54, 1.807) is 0 Å². The molecule has 1 aliphatic carbocycles. The minimum atomic E-state index is -0.292. The summed E-state index contributed by atoms with van der Waals surface area (Å²) >= 11 is 0. The number of nitrogens with one attached hydrogen (secondary N) is 1. The van der Waals surface area contributed by atoms with E-state index >= 15 is 0 Å². The second-order valence-corrected chi connectivity index (χ2v) is 5.17. The van der Waals surface area contributed by atoms with E-state index in [1.807, 2.05) is 11.8 Å². The first-order valence-electron chi connectivity index (χ1n) is 6.20. The molecule has 1 atom stereocenters. The van der Waals surface area contributed by atoms with Crippen molar-refractivity contribution in [2.24, 2.45) is 5.92 Å². The standard InChI is InChI=1S/C12H22N2O/c1-3-12(2)11(15)14(9-13-12)8-4-5-10-6-7-10/h10,13H,3-9H2,1-2H3. The van der Waals surface area contributed by atoms with Crippen LogP contribution in [0.2, 0.25) is 0 Å². The number of rotatable bonds is 5. The molecule has 1 saturated heterocycles. The van der Waals surface area contributed by atoms with Crippen molar-refractivity contribution in [3.63, 3.8) is 0 Å². The summed E-state index contributed by atoms with van der Waals surface area (Å²) in [6, 6.07) is 0. The molecule has 1 aliphatic heterocycles. The first-order chi connectivity index (χ1) is 7.15. The zero-order valence-corrected chi connectivity index (χ0v) is 9.88. The third kappa shape index (κ3) is 2.33. The highest BCUT2D eigenvalue weighted by atomic mass is 16.2. The van der Waals surface area contributed by atoms with Gasteiger partial charge in [0.1, 0.15) is 0 Å². The van der Waals surface area contributed by atoms with Crippen LogP contribution < -0.4 is 5.32 Å². The predicted octanol–water partition coefficient (Wildman–Crippen LogP) is 1.73. The molecule has 0 bridgehead atoms. The van der Waals surface area contributed by atoms with E-state index in [-0.39, 0.29) is 5.54 Å². The zero-order valence-electron chi connectivity index (χ0n) is 9.88. The summed E-state index contributed by atoms with van der Waals surface area (Å²) < 4.78 is 0. The van der Waals surface area contributed by atoms with Gasteiger partial charge in [0, 0.05) is 6.54 Å². The number of hydrogen-bond donors (Lipinski definition) is 1. The van der Waals surface area contributed by atoms with Crippen molar-refractivity contribution in [1.29, 1.82) is 0 Å². The second kappa shape index (κ2) is 4.12. The quantitative estimate of drug-likeness (QED) is 0.749. The Morgan fingerprint density at radius 1 is 1.53 bits per heavy atom.